The van der Waals surface area contributed by atoms with Crippen LogP contribution in [0.3, 0.4) is 0 Å². The minimum Gasteiger partial charge on any atom is -0.348 e. The smallest absolute Gasteiger partial charge is 0.289 e. The first kappa shape index (κ1) is 18.5. The largest absolute Gasteiger partial charge is 0.348 e. The third-order valence-electron chi connectivity index (χ3n) is 3.56. The van der Waals surface area contributed by atoms with Crippen molar-refractivity contribution in [3.05, 3.63) is 62.9 Å². The van der Waals surface area contributed by atoms with E-state index in [1.807, 2.05) is 17.5 Å². The van der Waals surface area contributed by atoms with Gasteiger partial charge in [-0.15, -0.1) is 11.3 Å². The summed E-state index contributed by atoms with van der Waals surface area (Å²) in [4.78, 5) is 18.2. The molecule has 3 rings (SSSR count). The van der Waals surface area contributed by atoms with Gasteiger partial charge in [-0.05, 0) is 23.6 Å². The average molecular weight is 413 g/mol. The zero-order valence-electron chi connectivity index (χ0n) is 13.2. The standard InChI is InChI=1S/C15H13ClN4O4S2/c16-11-4-3-10(8-13(11)20(21)22)26(23,24)19-6-5-12-15(18-9-17-12)14-2-1-7-25-14/h1-4,7-9,19H,5-6H2,(H,17,18). The second kappa shape index (κ2) is 7.54. The third kappa shape index (κ3) is 3.93. The molecule has 136 valence electrons. The van der Waals surface area contributed by atoms with Gasteiger partial charge in [-0.25, -0.2) is 18.1 Å². The van der Waals surface area contributed by atoms with Crippen molar-refractivity contribution in [2.45, 2.75) is 11.3 Å². The van der Waals surface area contributed by atoms with E-state index in [1.54, 1.807) is 6.33 Å². The number of benzene rings is 1. The summed E-state index contributed by atoms with van der Waals surface area (Å²) in [7, 11) is -3.90. The maximum Gasteiger partial charge on any atom is 0.289 e. The van der Waals surface area contributed by atoms with Gasteiger partial charge in [-0.2, -0.15) is 0 Å². The number of thiophene rings is 1. The Balaban J connectivity index is 1.71. The number of sulfonamides is 1. The molecule has 0 amide bonds. The van der Waals surface area contributed by atoms with Crippen molar-refractivity contribution in [2.24, 2.45) is 0 Å². The number of nitro groups is 1. The van der Waals surface area contributed by atoms with Gasteiger partial charge in [0, 0.05) is 24.7 Å². The molecule has 2 N–H and O–H groups in total. The molecule has 0 bridgehead atoms. The predicted molar refractivity (Wildman–Crippen MR) is 98.9 cm³/mol. The second-order valence-corrected chi connectivity index (χ2v) is 8.35. The molecule has 11 heteroatoms. The summed E-state index contributed by atoms with van der Waals surface area (Å²) < 4.78 is 27.2. The van der Waals surface area contributed by atoms with Gasteiger partial charge in [0.25, 0.3) is 5.69 Å². The van der Waals surface area contributed by atoms with Crippen molar-refractivity contribution < 1.29 is 13.3 Å². The molecule has 2 heterocycles. The van der Waals surface area contributed by atoms with E-state index in [9.17, 15) is 18.5 Å². The van der Waals surface area contributed by atoms with Crippen LogP contribution in [0.15, 0.2) is 46.9 Å². The molecule has 0 saturated heterocycles. The summed E-state index contributed by atoms with van der Waals surface area (Å²) >= 11 is 7.25. The van der Waals surface area contributed by atoms with Crippen LogP contribution in [0.1, 0.15) is 5.69 Å². The summed E-state index contributed by atoms with van der Waals surface area (Å²) in [5.41, 5.74) is 1.13. The van der Waals surface area contributed by atoms with Crippen LogP contribution in [0.2, 0.25) is 5.02 Å². The molecular formula is C15H13ClN4O4S2. The molecule has 0 aliphatic heterocycles. The number of hydrogen-bond donors (Lipinski definition) is 2. The minimum absolute atomic E-state index is 0.110. The molecule has 1 aromatic carbocycles. The van der Waals surface area contributed by atoms with Gasteiger partial charge in [-0.1, -0.05) is 17.7 Å². The van der Waals surface area contributed by atoms with Crippen molar-refractivity contribution in [3.63, 3.8) is 0 Å². The topological polar surface area (TPSA) is 118 Å². The van der Waals surface area contributed by atoms with Gasteiger partial charge in [0.05, 0.1) is 21.0 Å². The molecule has 0 saturated carbocycles. The Labute approximate surface area is 158 Å². The maximum atomic E-state index is 12.4. The summed E-state index contributed by atoms with van der Waals surface area (Å²) in [6, 6.07) is 7.21. The van der Waals surface area contributed by atoms with Crippen LogP contribution >= 0.6 is 22.9 Å². The van der Waals surface area contributed by atoms with Crippen LogP contribution in [0.4, 0.5) is 5.69 Å². The number of H-pyrrole nitrogens is 1. The monoisotopic (exact) mass is 412 g/mol. The first-order valence-electron chi connectivity index (χ1n) is 7.38. The fraction of sp³-hybridized carbons (Fsp3) is 0.133. The van der Waals surface area contributed by atoms with Crippen molar-refractivity contribution in [1.82, 2.24) is 14.7 Å². The Kier molecular flexibility index (Phi) is 5.37. The predicted octanol–water partition coefficient (Wildman–Crippen LogP) is 3.22. The van der Waals surface area contributed by atoms with Crippen LogP contribution < -0.4 is 4.72 Å². The Bertz CT molecular complexity index is 1030. The van der Waals surface area contributed by atoms with Gasteiger partial charge in [0.2, 0.25) is 10.0 Å². The maximum absolute atomic E-state index is 12.4. The lowest BCUT2D eigenvalue weighted by Gasteiger charge is -2.07. The van der Waals surface area contributed by atoms with E-state index in [-0.39, 0.29) is 16.5 Å². The molecule has 0 atom stereocenters. The third-order valence-corrected chi connectivity index (χ3v) is 6.22. The fourth-order valence-corrected chi connectivity index (χ4v) is 4.32. The number of nitrogens with zero attached hydrogens (tertiary/aromatic N) is 2. The minimum atomic E-state index is -3.90. The highest BCUT2D eigenvalue weighted by Gasteiger charge is 2.20. The molecule has 0 aliphatic rings. The lowest BCUT2D eigenvalue weighted by atomic mass is 10.2. The van der Waals surface area contributed by atoms with E-state index in [0.29, 0.717) is 6.42 Å². The second-order valence-electron chi connectivity index (χ2n) is 5.23. The Morgan fingerprint density at radius 3 is 2.85 bits per heavy atom. The van der Waals surface area contributed by atoms with E-state index in [4.69, 9.17) is 11.6 Å². The number of nitro benzene ring substituents is 1. The molecule has 2 aromatic heterocycles. The summed E-state index contributed by atoms with van der Waals surface area (Å²) in [6.07, 6.45) is 1.95. The van der Waals surface area contributed by atoms with Gasteiger partial charge in [-0.3, -0.25) is 10.1 Å². The van der Waals surface area contributed by atoms with Gasteiger partial charge >= 0.3 is 0 Å². The molecule has 0 radical (unpaired) electrons. The van der Waals surface area contributed by atoms with Gasteiger partial charge < -0.3 is 4.98 Å². The molecule has 26 heavy (non-hydrogen) atoms. The number of imidazole rings is 1. The zero-order valence-corrected chi connectivity index (χ0v) is 15.6. The van der Waals surface area contributed by atoms with Crippen LogP contribution in [-0.2, 0) is 16.4 Å². The Morgan fingerprint density at radius 2 is 2.15 bits per heavy atom. The first-order chi connectivity index (χ1) is 12.4. The zero-order chi connectivity index (χ0) is 18.7. The van der Waals surface area contributed by atoms with Gasteiger partial charge in [0.1, 0.15) is 10.7 Å². The van der Waals surface area contributed by atoms with E-state index in [1.165, 1.54) is 23.5 Å². The molecule has 0 unspecified atom stereocenters. The quantitative estimate of drug-likeness (QED) is 0.456. The highest BCUT2D eigenvalue weighted by molar-refractivity contribution is 7.89. The summed E-state index contributed by atoms with van der Waals surface area (Å²) in [6.45, 7) is 0.110. The van der Waals surface area contributed by atoms with Crippen LogP contribution in [-0.4, -0.2) is 29.9 Å². The summed E-state index contributed by atoms with van der Waals surface area (Å²) in [5, 5.41) is 12.7. The number of aromatic amines is 1. The lowest BCUT2D eigenvalue weighted by Crippen LogP contribution is -2.26. The van der Waals surface area contributed by atoms with E-state index < -0.39 is 20.6 Å². The van der Waals surface area contributed by atoms with E-state index >= 15 is 0 Å². The van der Waals surface area contributed by atoms with Crippen LogP contribution in [0, 0.1) is 10.1 Å². The van der Waals surface area contributed by atoms with Crippen molar-refractivity contribution in [2.75, 3.05) is 6.54 Å². The van der Waals surface area contributed by atoms with E-state index in [0.717, 1.165) is 22.3 Å². The number of nitrogens with one attached hydrogen (secondary N) is 2. The SMILES string of the molecule is O=[N+]([O-])c1cc(S(=O)(=O)NCCc2[nH]cnc2-c2cccs2)ccc1Cl. The lowest BCUT2D eigenvalue weighted by molar-refractivity contribution is -0.384. The Hall–Kier alpha value is -2.27. The number of halogens is 1. The van der Waals surface area contributed by atoms with Gasteiger partial charge in [0.15, 0.2) is 0 Å². The van der Waals surface area contributed by atoms with Crippen molar-refractivity contribution in [3.8, 4) is 10.6 Å². The van der Waals surface area contributed by atoms with E-state index in [2.05, 4.69) is 14.7 Å². The first-order valence-corrected chi connectivity index (χ1v) is 10.1. The van der Waals surface area contributed by atoms with Crippen molar-refractivity contribution >= 4 is 38.6 Å². The highest BCUT2D eigenvalue weighted by Crippen LogP contribution is 2.27. The van der Waals surface area contributed by atoms with Crippen LogP contribution in [0.5, 0.6) is 0 Å². The summed E-state index contributed by atoms with van der Waals surface area (Å²) in [5.74, 6) is 0. The molecule has 3 aromatic rings. The molecule has 0 aliphatic carbocycles. The average Bonchev–Trinajstić information content (AvgIpc) is 3.25. The Morgan fingerprint density at radius 1 is 1.35 bits per heavy atom. The molecule has 0 spiro atoms. The van der Waals surface area contributed by atoms with Crippen LogP contribution in [0.25, 0.3) is 10.6 Å². The normalized spacial score (nSPS) is 11.6. The number of hydrogen-bond acceptors (Lipinski definition) is 6. The molecular weight excluding hydrogens is 400 g/mol. The number of rotatable bonds is 7. The molecule has 0 fully saturated rings. The number of aromatic nitrogens is 2. The fourth-order valence-electron chi connectivity index (χ4n) is 2.33. The van der Waals surface area contributed by atoms with Crippen molar-refractivity contribution in [1.29, 1.82) is 0 Å². The highest BCUT2D eigenvalue weighted by atomic mass is 35.5. The molecule has 8 nitrogen and oxygen atoms in total.